The molecular weight excluding hydrogens is 320 g/mol. The van der Waals surface area contributed by atoms with Crippen molar-refractivity contribution in [3.8, 4) is 0 Å². The Morgan fingerprint density at radius 3 is 2.57 bits per heavy atom. The zero-order chi connectivity index (χ0) is 17.0. The molecule has 0 spiro atoms. The summed E-state index contributed by atoms with van der Waals surface area (Å²) in [4.78, 5) is 33.4. The predicted octanol–water partition coefficient (Wildman–Crippen LogP) is 2.26. The van der Waals surface area contributed by atoms with Crippen LogP contribution in [0.15, 0.2) is 12.3 Å². The minimum atomic E-state index is -0.506. The first kappa shape index (κ1) is 17.5. The number of aromatic nitrogens is 2. The minimum absolute atomic E-state index is 0.00470. The highest BCUT2D eigenvalue weighted by atomic mass is 35.5. The van der Waals surface area contributed by atoms with Crippen LogP contribution in [0.2, 0.25) is 5.28 Å². The van der Waals surface area contributed by atoms with Crippen molar-refractivity contribution in [3.05, 3.63) is 23.2 Å². The Morgan fingerprint density at radius 2 is 2.00 bits per heavy atom. The minimum Gasteiger partial charge on any atom is -0.444 e. The lowest BCUT2D eigenvalue weighted by Crippen LogP contribution is -2.47. The Morgan fingerprint density at radius 1 is 1.35 bits per heavy atom. The van der Waals surface area contributed by atoms with E-state index in [4.69, 9.17) is 16.3 Å². The molecule has 0 atom stereocenters. The quantitative estimate of drug-likeness (QED) is 0.835. The van der Waals surface area contributed by atoms with Gasteiger partial charge in [-0.2, -0.15) is 0 Å². The number of carbonyl (C=O) groups is 2. The molecule has 1 aromatic heterocycles. The van der Waals surface area contributed by atoms with Gasteiger partial charge in [-0.25, -0.2) is 14.8 Å². The summed E-state index contributed by atoms with van der Waals surface area (Å²) in [6, 6.07) is 1.51. The molecule has 0 aromatic carbocycles. The topological polar surface area (TPSA) is 84.4 Å². The summed E-state index contributed by atoms with van der Waals surface area (Å²) in [5, 5.41) is 2.94. The molecule has 2 amide bonds. The van der Waals surface area contributed by atoms with E-state index in [0.717, 1.165) is 0 Å². The van der Waals surface area contributed by atoms with Gasteiger partial charge in [0.05, 0.1) is 0 Å². The first-order chi connectivity index (χ1) is 10.7. The normalized spacial score (nSPS) is 16.1. The van der Waals surface area contributed by atoms with Crippen molar-refractivity contribution in [2.24, 2.45) is 0 Å². The summed E-state index contributed by atoms with van der Waals surface area (Å²) >= 11 is 5.68. The third kappa shape index (κ3) is 5.35. The number of hydrogen-bond acceptors (Lipinski definition) is 5. The second kappa shape index (κ2) is 7.12. The van der Waals surface area contributed by atoms with Crippen molar-refractivity contribution in [1.82, 2.24) is 20.2 Å². The molecule has 0 aliphatic carbocycles. The van der Waals surface area contributed by atoms with Gasteiger partial charge in [0.25, 0.3) is 5.91 Å². The molecule has 1 saturated heterocycles. The summed E-state index contributed by atoms with van der Waals surface area (Å²) in [6.45, 7) is 6.61. The highest BCUT2D eigenvalue weighted by Gasteiger charge is 2.27. The van der Waals surface area contributed by atoms with Gasteiger partial charge in [0.2, 0.25) is 5.28 Å². The number of nitrogens with zero attached hydrogens (tertiary/aromatic N) is 3. The lowest BCUT2D eigenvalue weighted by atomic mass is 10.1. The monoisotopic (exact) mass is 340 g/mol. The van der Waals surface area contributed by atoms with Crippen molar-refractivity contribution in [2.75, 3.05) is 13.1 Å². The summed E-state index contributed by atoms with van der Waals surface area (Å²) in [5.74, 6) is -0.287. The third-order valence-electron chi connectivity index (χ3n) is 3.34. The van der Waals surface area contributed by atoms with Crippen LogP contribution in [-0.4, -0.2) is 51.6 Å². The average molecular weight is 341 g/mol. The van der Waals surface area contributed by atoms with Crippen LogP contribution in [0.25, 0.3) is 0 Å². The van der Waals surface area contributed by atoms with E-state index in [1.54, 1.807) is 4.90 Å². The molecule has 1 aromatic rings. The number of hydrogen-bond donors (Lipinski definition) is 1. The Hall–Kier alpha value is -1.89. The molecule has 126 valence electrons. The molecule has 7 nitrogen and oxygen atoms in total. The van der Waals surface area contributed by atoms with Gasteiger partial charge in [0.15, 0.2) is 0 Å². The molecule has 1 fully saturated rings. The summed E-state index contributed by atoms with van der Waals surface area (Å²) in [7, 11) is 0. The van der Waals surface area contributed by atoms with Crippen LogP contribution in [0, 0.1) is 0 Å². The fourth-order valence-corrected chi connectivity index (χ4v) is 2.40. The van der Waals surface area contributed by atoms with Gasteiger partial charge < -0.3 is 15.0 Å². The SMILES string of the molecule is CC(C)(C)OC(=O)N1CCC(NC(=O)c2ccnc(Cl)n2)CC1. The van der Waals surface area contributed by atoms with Crippen LogP contribution in [0.3, 0.4) is 0 Å². The van der Waals surface area contributed by atoms with Gasteiger partial charge >= 0.3 is 6.09 Å². The van der Waals surface area contributed by atoms with E-state index in [9.17, 15) is 9.59 Å². The van der Waals surface area contributed by atoms with E-state index in [2.05, 4.69) is 15.3 Å². The van der Waals surface area contributed by atoms with Gasteiger partial charge in [-0.15, -0.1) is 0 Å². The Kier molecular flexibility index (Phi) is 5.41. The van der Waals surface area contributed by atoms with Crippen molar-refractivity contribution >= 4 is 23.6 Å². The molecule has 2 rings (SSSR count). The summed E-state index contributed by atoms with van der Waals surface area (Å²) in [6.07, 6.45) is 2.47. The zero-order valence-electron chi connectivity index (χ0n) is 13.5. The molecule has 0 saturated carbocycles. The smallest absolute Gasteiger partial charge is 0.410 e. The molecule has 1 aliphatic rings. The Balaban J connectivity index is 1.83. The predicted molar refractivity (Wildman–Crippen MR) is 85.3 cm³/mol. The van der Waals surface area contributed by atoms with E-state index in [1.807, 2.05) is 20.8 Å². The van der Waals surface area contributed by atoms with Crippen molar-refractivity contribution in [1.29, 1.82) is 0 Å². The number of amides is 2. The number of ether oxygens (including phenoxy) is 1. The van der Waals surface area contributed by atoms with Crippen LogP contribution in [0.5, 0.6) is 0 Å². The Bertz CT molecular complexity index is 580. The Labute approximate surface area is 140 Å². The van der Waals surface area contributed by atoms with Gasteiger partial charge in [-0.3, -0.25) is 4.79 Å². The summed E-state index contributed by atoms with van der Waals surface area (Å²) in [5.41, 5.74) is -0.270. The molecule has 1 N–H and O–H groups in total. The van der Waals surface area contributed by atoms with Crippen LogP contribution in [0.4, 0.5) is 4.79 Å². The lowest BCUT2D eigenvalue weighted by Gasteiger charge is -2.33. The van der Waals surface area contributed by atoms with E-state index in [-0.39, 0.29) is 29.0 Å². The first-order valence-electron chi connectivity index (χ1n) is 7.52. The lowest BCUT2D eigenvalue weighted by molar-refractivity contribution is 0.0199. The van der Waals surface area contributed by atoms with Gasteiger partial charge in [0, 0.05) is 25.3 Å². The number of nitrogens with one attached hydrogen (secondary N) is 1. The maximum absolute atomic E-state index is 12.1. The maximum Gasteiger partial charge on any atom is 0.410 e. The maximum atomic E-state index is 12.1. The van der Waals surface area contributed by atoms with Crippen molar-refractivity contribution in [2.45, 2.75) is 45.3 Å². The molecule has 23 heavy (non-hydrogen) atoms. The average Bonchev–Trinajstić information content (AvgIpc) is 2.46. The fraction of sp³-hybridized carbons (Fsp3) is 0.600. The highest BCUT2D eigenvalue weighted by molar-refractivity contribution is 6.28. The van der Waals surface area contributed by atoms with Crippen molar-refractivity contribution in [3.63, 3.8) is 0 Å². The molecular formula is C15H21ClN4O3. The molecule has 1 aliphatic heterocycles. The number of carbonyl (C=O) groups excluding carboxylic acids is 2. The van der Waals surface area contributed by atoms with E-state index in [1.165, 1.54) is 12.3 Å². The third-order valence-corrected chi connectivity index (χ3v) is 3.52. The fourth-order valence-electron chi connectivity index (χ4n) is 2.25. The molecule has 8 heteroatoms. The number of likely N-dealkylation sites (tertiary alicyclic amines) is 1. The second-order valence-corrected chi connectivity index (χ2v) is 6.76. The number of rotatable bonds is 2. The van der Waals surface area contributed by atoms with E-state index < -0.39 is 5.60 Å². The molecule has 2 heterocycles. The van der Waals surface area contributed by atoms with Crippen molar-refractivity contribution < 1.29 is 14.3 Å². The van der Waals surface area contributed by atoms with Gasteiger partial charge in [0.1, 0.15) is 11.3 Å². The standard InChI is InChI=1S/C15H21ClN4O3/c1-15(2,3)23-14(22)20-8-5-10(6-9-20)18-12(21)11-4-7-17-13(16)19-11/h4,7,10H,5-6,8-9H2,1-3H3,(H,18,21). The molecule has 0 radical (unpaired) electrons. The molecule has 0 bridgehead atoms. The van der Waals surface area contributed by atoms with Crippen LogP contribution >= 0.6 is 11.6 Å². The van der Waals surface area contributed by atoms with E-state index in [0.29, 0.717) is 25.9 Å². The number of piperidine rings is 1. The number of halogens is 1. The van der Waals surface area contributed by atoms with E-state index >= 15 is 0 Å². The largest absolute Gasteiger partial charge is 0.444 e. The highest BCUT2D eigenvalue weighted by Crippen LogP contribution is 2.15. The van der Waals surface area contributed by atoms with Gasteiger partial charge in [-0.1, -0.05) is 0 Å². The molecule has 0 unspecified atom stereocenters. The first-order valence-corrected chi connectivity index (χ1v) is 7.90. The zero-order valence-corrected chi connectivity index (χ0v) is 14.3. The van der Waals surface area contributed by atoms with Crippen LogP contribution in [0.1, 0.15) is 44.1 Å². The second-order valence-electron chi connectivity index (χ2n) is 6.43. The van der Waals surface area contributed by atoms with Crippen LogP contribution < -0.4 is 5.32 Å². The van der Waals surface area contributed by atoms with Gasteiger partial charge in [-0.05, 0) is 51.3 Å². The summed E-state index contributed by atoms with van der Waals surface area (Å²) < 4.78 is 5.34. The van der Waals surface area contributed by atoms with Crippen LogP contribution in [-0.2, 0) is 4.74 Å².